The van der Waals surface area contributed by atoms with Crippen molar-refractivity contribution in [1.82, 2.24) is 58.6 Å². The Morgan fingerprint density at radius 2 is 1.32 bits per heavy atom. The molecule has 2 aliphatic rings. The zero-order chi connectivity index (χ0) is 53.7. The molecule has 0 saturated carbocycles. The third-order valence-electron chi connectivity index (χ3n) is 11.0. The summed E-state index contributed by atoms with van der Waals surface area (Å²) in [5.74, 6) is -0.120. The number of aliphatic hydroxyl groups is 4. The quantitative estimate of drug-likeness (QED) is 0.0290. The van der Waals surface area contributed by atoms with Crippen molar-refractivity contribution in [3.8, 4) is 0 Å². The van der Waals surface area contributed by atoms with Crippen LogP contribution in [-0.4, -0.2) is 188 Å². The number of anilines is 3. The molecule has 0 bridgehead atoms. The minimum atomic E-state index is -6.17. The van der Waals surface area contributed by atoms with Gasteiger partial charge in [-0.25, -0.2) is 53.1 Å². The lowest BCUT2D eigenvalue weighted by Gasteiger charge is -2.28. The van der Waals surface area contributed by atoms with Crippen LogP contribution in [0.2, 0.25) is 0 Å². The number of nitrogens with two attached hydrogens (primary N) is 2. The number of phosphoric ester groups is 3. The summed E-state index contributed by atoms with van der Waals surface area (Å²) in [5, 5.41) is 46.2. The number of rotatable bonds is 23. The molecule has 14 N–H and O–H groups in total. The van der Waals surface area contributed by atoms with E-state index in [0.29, 0.717) is 0 Å². The summed E-state index contributed by atoms with van der Waals surface area (Å²) in [6.45, 7) is -3.36. The van der Waals surface area contributed by atoms with Crippen molar-refractivity contribution in [3.63, 3.8) is 0 Å². The van der Waals surface area contributed by atoms with E-state index >= 15 is 0 Å². The number of hydrogen-bond acceptors (Lipinski definition) is 30. The van der Waals surface area contributed by atoms with Gasteiger partial charge in [-0.1, -0.05) is 0 Å². The van der Waals surface area contributed by atoms with Gasteiger partial charge in [0, 0.05) is 21.3 Å². The van der Waals surface area contributed by atoms with Gasteiger partial charge in [-0.3, -0.25) is 41.6 Å². The molecule has 38 nitrogen and oxygen atoms in total. The van der Waals surface area contributed by atoms with Crippen LogP contribution in [0.3, 0.4) is 0 Å². The Labute approximate surface area is 411 Å². The van der Waals surface area contributed by atoms with Gasteiger partial charge < -0.3 is 75.7 Å². The van der Waals surface area contributed by atoms with E-state index in [4.69, 9.17) is 44.0 Å². The monoisotopic (exact) mass is 1130 g/mol. The van der Waals surface area contributed by atoms with Crippen molar-refractivity contribution in [2.24, 2.45) is 0 Å². The standard InChI is InChI=1S/C32H45N15O23P4/c1-35-24-16-26(39-8-37-24)47(11-41-16)31-22(62-3)21(68-71(53,54)63-4-12(61-2)19(49)29(52)45-9-42-17-27(45)43-32(34)44-28(17)51)14(67-31)6-65-73(57,58)70-74(59,60)69-72(55,56)64-5-13-18(48)20(50)30(66-13)46-10-40-15-23(33)36-7-38-25(15)46/h7-14,18-22,29-31,48-50,52H,4-6H2,1-3H3,(H,53,54)(H,55,56)(H,57,58)(H,59,60)(H2,33,36,38)(H,35,37,39)(H3,34,43,44,51). The van der Waals surface area contributed by atoms with Crippen LogP contribution in [0.5, 0.6) is 0 Å². The molecule has 0 spiro atoms. The Kier molecular flexibility index (Phi) is 16.1. The second-order valence-electron chi connectivity index (χ2n) is 15.6. The first kappa shape index (κ1) is 55.3. The van der Waals surface area contributed by atoms with Gasteiger partial charge in [0.2, 0.25) is 5.95 Å². The minimum Gasteiger partial charge on any atom is -0.387 e. The highest BCUT2D eigenvalue weighted by Crippen LogP contribution is 2.68. The van der Waals surface area contributed by atoms with Crippen LogP contribution in [0, 0.1) is 0 Å². The second kappa shape index (κ2) is 21.6. The highest BCUT2D eigenvalue weighted by molar-refractivity contribution is 7.66. The van der Waals surface area contributed by atoms with E-state index in [1.807, 2.05) is 0 Å². The molecule has 6 aromatic heterocycles. The number of ether oxygens (including phenoxy) is 4. The largest absolute Gasteiger partial charge is 0.490 e. The molecule has 15 atom stereocenters. The lowest BCUT2D eigenvalue weighted by atomic mass is 10.1. The molecule has 0 aliphatic carbocycles. The average molecular weight is 1130 g/mol. The van der Waals surface area contributed by atoms with Crippen molar-refractivity contribution in [2.75, 3.05) is 57.9 Å². The van der Waals surface area contributed by atoms with Gasteiger partial charge >= 0.3 is 31.3 Å². The maximum atomic E-state index is 13.7. The van der Waals surface area contributed by atoms with Crippen molar-refractivity contribution < 1.29 is 104 Å². The maximum Gasteiger partial charge on any atom is 0.490 e. The number of nitrogens with zero attached hydrogens (tertiary/aromatic N) is 11. The normalized spacial score (nSPS) is 26.9. The van der Waals surface area contributed by atoms with Gasteiger partial charge in [0.1, 0.15) is 72.5 Å². The highest BCUT2D eigenvalue weighted by atomic mass is 31.3. The Balaban J connectivity index is 0.940. The summed E-state index contributed by atoms with van der Waals surface area (Å²) in [6, 6.07) is 0. The number of nitrogen functional groups attached to an aromatic ring is 2. The summed E-state index contributed by atoms with van der Waals surface area (Å²) in [5.41, 5.74) is 10.6. The number of aliphatic hydroxyl groups excluding tert-OH is 4. The van der Waals surface area contributed by atoms with E-state index in [1.54, 1.807) is 7.05 Å². The highest BCUT2D eigenvalue weighted by Gasteiger charge is 2.53. The van der Waals surface area contributed by atoms with E-state index in [9.17, 15) is 63.1 Å². The van der Waals surface area contributed by atoms with E-state index in [0.717, 1.165) is 44.1 Å². The molecule has 406 valence electrons. The summed E-state index contributed by atoms with van der Waals surface area (Å²) >= 11 is 0. The topological polar surface area (TPSA) is 537 Å². The third-order valence-corrected chi connectivity index (χ3v) is 16.3. The van der Waals surface area contributed by atoms with Gasteiger partial charge in [-0.15, -0.1) is 0 Å². The van der Waals surface area contributed by atoms with Crippen LogP contribution in [0.4, 0.5) is 17.6 Å². The smallest absolute Gasteiger partial charge is 0.387 e. The fourth-order valence-corrected chi connectivity index (χ4v) is 12.1. The molecule has 0 radical (unpaired) electrons. The van der Waals surface area contributed by atoms with E-state index in [2.05, 4.69) is 63.3 Å². The van der Waals surface area contributed by atoms with Crippen LogP contribution < -0.4 is 22.3 Å². The number of imidazole rings is 3. The minimum absolute atomic E-state index is 0.0224. The maximum absolute atomic E-state index is 13.7. The van der Waals surface area contributed by atoms with Gasteiger partial charge in [0.25, 0.3) is 5.56 Å². The number of fused-ring (bicyclic) bond motifs is 3. The predicted molar refractivity (Wildman–Crippen MR) is 240 cm³/mol. The molecule has 6 aromatic rings. The summed E-state index contributed by atoms with van der Waals surface area (Å²) < 4.78 is 107. The second-order valence-corrected chi connectivity index (χ2v) is 21.7. The number of H-pyrrole nitrogens is 1. The molecule has 2 aliphatic heterocycles. The van der Waals surface area contributed by atoms with Crippen LogP contribution in [0.25, 0.3) is 33.5 Å². The van der Waals surface area contributed by atoms with E-state index in [1.165, 1.54) is 15.5 Å². The molecule has 0 amide bonds. The summed E-state index contributed by atoms with van der Waals surface area (Å²) in [7, 11) is -19.7. The van der Waals surface area contributed by atoms with Crippen molar-refractivity contribution in [2.45, 2.75) is 67.5 Å². The summed E-state index contributed by atoms with van der Waals surface area (Å²) in [6.07, 6.45) is -13.3. The van der Waals surface area contributed by atoms with Crippen molar-refractivity contribution in [3.05, 3.63) is 42.0 Å². The molecular formula is C32H45N15O23P4. The number of nitrogens with one attached hydrogen (secondary N) is 2. The van der Waals surface area contributed by atoms with E-state index < -0.39 is 124 Å². The van der Waals surface area contributed by atoms with Crippen LogP contribution in [-0.2, 0) is 63.9 Å². The fourth-order valence-electron chi connectivity index (χ4n) is 7.63. The molecule has 8 rings (SSSR count). The number of methoxy groups -OCH3 is 2. The lowest BCUT2D eigenvalue weighted by molar-refractivity contribution is -0.116. The zero-order valence-corrected chi connectivity index (χ0v) is 41.5. The Hall–Kier alpha value is -4.95. The SMILES string of the molecule is CNc1ncnc2c1ncn2C1OC(COP(=O)(O)OP(=O)(O)OP(=O)(O)OCC2OC(n3cnc4c(N)ncnc43)C(O)C2O)C(OP(=O)(O)OCC(OC)C(O)C(O)n2cnc3c(=O)[nH]c(N)nc32)C1OC. The third kappa shape index (κ3) is 11.6. The van der Waals surface area contributed by atoms with E-state index in [-0.39, 0.29) is 51.1 Å². The molecule has 15 unspecified atom stereocenters. The number of aromatic amines is 1. The van der Waals surface area contributed by atoms with Crippen LogP contribution in [0.15, 0.2) is 36.4 Å². The van der Waals surface area contributed by atoms with Crippen molar-refractivity contribution in [1.29, 1.82) is 0 Å². The molecule has 74 heavy (non-hydrogen) atoms. The van der Waals surface area contributed by atoms with Crippen LogP contribution in [0.1, 0.15) is 18.7 Å². The van der Waals surface area contributed by atoms with Crippen LogP contribution >= 0.6 is 31.3 Å². The first-order valence-corrected chi connectivity index (χ1v) is 26.8. The molecule has 8 heterocycles. The number of phosphoric acid groups is 4. The fraction of sp³-hybridized carbons (Fsp3) is 0.531. The average Bonchev–Trinajstić information content (AvgIpc) is 4.17. The zero-order valence-electron chi connectivity index (χ0n) is 37.9. The molecular weight excluding hydrogens is 1090 g/mol. The van der Waals surface area contributed by atoms with Gasteiger partial charge in [-0.05, 0) is 0 Å². The molecule has 2 saturated heterocycles. The number of hydrogen-bond donors (Lipinski definition) is 12. The predicted octanol–water partition coefficient (Wildman–Crippen LogP) is -2.73. The van der Waals surface area contributed by atoms with Gasteiger partial charge in [0.05, 0.1) is 38.8 Å². The molecule has 0 aromatic carbocycles. The Morgan fingerprint density at radius 3 is 1.97 bits per heavy atom. The molecule has 2 fully saturated rings. The first-order chi connectivity index (χ1) is 34.9. The Morgan fingerprint density at radius 1 is 0.730 bits per heavy atom. The Bertz CT molecular complexity index is 3260. The van der Waals surface area contributed by atoms with Gasteiger partial charge in [0.15, 0.2) is 52.8 Å². The van der Waals surface area contributed by atoms with Crippen molar-refractivity contribution >= 4 is 82.4 Å². The first-order valence-electron chi connectivity index (χ1n) is 20.8. The molecule has 42 heteroatoms. The van der Waals surface area contributed by atoms with Gasteiger partial charge in [-0.2, -0.15) is 13.6 Å². The number of aromatic nitrogens is 12. The summed E-state index contributed by atoms with van der Waals surface area (Å²) in [4.78, 5) is 88.9. The lowest BCUT2D eigenvalue weighted by Crippen LogP contribution is -2.40.